The van der Waals surface area contributed by atoms with Gasteiger partial charge in [0, 0.05) is 32.2 Å². The molecule has 28 heavy (non-hydrogen) atoms. The minimum absolute atomic E-state index is 0.216. The van der Waals surface area contributed by atoms with Gasteiger partial charge in [-0.1, -0.05) is 18.6 Å². The Labute approximate surface area is 164 Å². The fourth-order valence-electron chi connectivity index (χ4n) is 5.33. The minimum Gasteiger partial charge on any atom is -0.379 e. The molecule has 1 aromatic carbocycles. The van der Waals surface area contributed by atoms with Crippen molar-refractivity contribution in [2.45, 2.75) is 38.3 Å². The summed E-state index contributed by atoms with van der Waals surface area (Å²) in [4.78, 5) is 28.5. The lowest BCUT2D eigenvalue weighted by molar-refractivity contribution is 0.0364. The van der Waals surface area contributed by atoms with Crippen LogP contribution in [-0.2, 0) is 11.3 Å². The van der Waals surface area contributed by atoms with Gasteiger partial charge in [-0.3, -0.25) is 9.47 Å². The average molecular weight is 384 g/mol. The van der Waals surface area contributed by atoms with Gasteiger partial charge in [-0.25, -0.2) is 14.2 Å². The Morgan fingerprint density at radius 3 is 2.57 bits per heavy atom. The highest BCUT2D eigenvalue weighted by molar-refractivity contribution is 5.89. The van der Waals surface area contributed by atoms with Crippen LogP contribution in [0.2, 0.25) is 0 Å². The van der Waals surface area contributed by atoms with Gasteiger partial charge in [0.05, 0.1) is 24.2 Å². The molecule has 3 aliphatic rings. The van der Waals surface area contributed by atoms with E-state index in [0.717, 1.165) is 50.7 Å². The van der Waals surface area contributed by atoms with Crippen molar-refractivity contribution in [3.63, 3.8) is 0 Å². The molecule has 1 N–H and O–H groups in total. The van der Waals surface area contributed by atoms with Gasteiger partial charge < -0.3 is 10.1 Å². The van der Waals surface area contributed by atoms with E-state index in [-0.39, 0.29) is 17.8 Å². The maximum atomic E-state index is 13.2. The predicted molar refractivity (Wildman–Crippen MR) is 107 cm³/mol. The van der Waals surface area contributed by atoms with Gasteiger partial charge in [0.1, 0.15) is 0 Å². The number of imidazole rings is 1. The zero-order valence-corrected chi connectivity index (χ0v) is 16.2. The molecule has 0 radical (unpaired) electrons. The summed E-state index contributed by atoms with van der Waals surface area (Å²) < 4.78 is 8.47. The van der Waals surface area contributed by atoms with Crippen LogP contribution in [0.15, 0.2) is 29.1 Å². The highest BCUT2D eigenvalue weighted by Crippen LogP contribution is 2.44. The number of carbonyl (C=O) groups is 1. The Kier molecular flexibility index (Phi) is 4.72. The lowest BCUT2D eigenvalue weighted by Gasteiger charge is -2.26. The normalized spacial score (nSPS) is 27.5. The first-order chi connectivity index (χ1) is 13.7. The number of hydrogen-bond donors (Lipinski definition) is 1. The number of nitrogens with one attached hydrogen (secondary N) is 1. The molecule has 2 saturated carbocycles. The number of para-hydroxylation sites is 2. The summed E-state index contributed by atoms with van der Waals surface area (Å²) >= 11 is 0. The van der Waals surface area contributed by atoms with Crippen molar-refractivity contribution in [3.05, 3.63) is 34.7 Å². The number of ether oxygens (including phenoxy) is 1. The van der Waals surface area contributed by atoms with E-state index in [1.807, 2.05) is 24.3 Å². The summed E-state index contributed by atoms with van der Waals surface area (Å²) in [5.74, 6) is 1.33. The maximum absolute atomic E-state index is 13.2. The Bertz CT molecular complexity index is 927. The molecule has 3 atom stereocenters. The third-order valence-electron chi connectivity index (χ3n) is 6.83. The van der Waals surface area contributed by atoms with Gasteiger partial charge in [-0.2, -0.15) is 0 Å². The summed E-state index contributed by atoms with van der Waals surface area (Å²) in [5, 5.41) is 3.16. The van der Waals surface area contributed by atoms with Gasteiger partial charge in [0.15, 0.2) is 0 Å². The van der Waals surface area contributed by atoms with Crippen LogP contribution in [-0.4, -0.2) is 59.0 Å². The average Bonchev–Trinajstić information content (AvgIpc) is 3.40. The van der Waals surface area contributed by atoms with Crippen LogP contribution in [0.4, 0.5) is 4.79 Å². The van der Waals surface area contributed by atoms with Gasteiger partial charge in [-0.05, 0) is 43.2 Å². The molecule has 150 valence electrons. The molecule has 2 heterocycles. The molecule has 1 aromatic heterocycles. The molecule has 1 amide bonds. The van der Waals surface area contributed by atoms with Crippen molar-refractivity contribution >= 4 is 17.1 Å². The lowest BCUT2D eigenvalue weighted by atomic mass is 9.95. The monoisotopic (exact) mass is 384 g/mol. The highest BCUT2D eigenvalue weighted by Gasteiger charge is 2.40. The zero-order valence-electron chi connectivity index (χ0n) is 16.2. The molecule has 2 aromatic rings. The van der Waals surface area contributed by atoms with E-state index in [1.54, 1.807) is 4.57 Å². The summed E-state index contributed by atoms with van der Waals surface area (Å²) in [6.45, 7) is 4.61. The molecular formula is C21H28N4O3. The molecule has 5 rings (SSSR count). The minimum atomic E-state index is -0.274. The number of hydrogen-bond acceptors (Lipinski definition) is 4. The van der Waals surface area contributed by atoms with Gasteiger partial charge >= 0.3 is 11.7 Å². The fourth-order valence-corrected chi connectivity index (χ4v) is 5.33. The summed E-state index contributed by atoms with van der Waals surface area (Å²) in [7, 11) is 0. The Balaban J connectivity index is 1.39. The van der Waals surface area contributed by atoms with E-state index in [1.165, 1.54) is 23.8 Å². The summed E-state index contributed by atoms with van der Waals surface area (Å²) in [6, 6.07) is 7.54. The molecule has 0 spiro atoms. The number of carbonyl (C=O) groups excluding carboxylic acids is 1. The van der Waals surface area contributed by atoms with Crippen LogP contribution in [0.25, 0.3) is 11.0 Å². The number of amides is 1. The number of fused-ring (bicyclic) bond motifs is 3. The third kappa shape index (κ3) is 3.16. The van der Waals surface area contributed by atoms with Crippen molar-refractivity contribution in [1.29, 1.82) is 0 Å². The number of benzene rings is 1. The zero-order chi connectivity index (χ0) is 19.1. The van der Waals surface area contributed by atoms with Gasteiger partial charge in [-0.15, -0.1) is 0 Å². The Hall–Kier alpha value is -2.12. The Morgan fingerprint density at radius 1 is 1.07 bits per heavy atom. The van der Waals surface area contributed by atoms with E-state index >= 15 is 0 Å². The number of rotatable bonds is 4. The van der Waals surface area contributed by atoms with E-state index < -0.39 is 0 Å². The first-order valence-electron chi connectivity index (χ1n) is 10.5. The van der Waals surface area contributed by atoms with Gasteiger partial charge in [0.2, 0.25) is 0 Å². The van der Waals surface area contributed by atoms with Crippen LogP contribution in [0.5, 0.6) is 0 Å². The molecule has 2 aliphatic carbocycles. The first-order valence-corrected chi connectivity index (χ1v) is 10.5. The molecule has 1 unspecified atom stereocenters. The second kappa shape index (κ2) is 7.37. The van der Waals surface area contributed by atoms with E-state index in [2.05, 4.69) is 10.2 Å². The number of morpholine rings is 1. The molecule has 7 nitrogen and oxygen atoms in total. The summed E-state index contributed by atoms with van der Waals surface area (Å²) in [6.07, 6.45) is 4.77. The van der Waals surface area contributed by atoms with Gasteiger partial charge in [0.25, 0.3) is 0 Å². The highest BCUT2D eigenvalue weighted by atomic mass is 16.5. The topological polar surface area (TPSA) is 68.5 Å². The van der Waals surface area contributed by atoms with Crippen LogP contribution < -0.4 is 11.0 Å². The van der Waals surface area contributed by atoms with Crippen molar-refractivity contribution in [3.8, 4) is 0 Å². The second-order valence-electron chi connectivity index (χ2n) is 8.44. The van der Waals surface area contributed by atoms with Crippen molar-refractivity contribution < 1.29 is 9.53 Å². The quantitative estimate of drug-likeness (QED) is 0.874. The van der Waals surface area contributed by atoms with Crippen LogP contribution in [0, 0.1) is 11.8 Å². The van der Waals surface area contributed by atoms with Crippen molar-refractivity contribution in [2.24, 2.45) is 11.8 Å². The van der Waals surface area contributed by atoms with E-state index in [9.17, 15) is 9.59 Å². The second-order valence-corrected chi connectivity index (χ2v) is 8.44. The fraction of sp³-hybridized carbons (Fsp3) is 0.619. The first kappa shape index (κ1) is 17.9. The van der Waals surface area contributed by atoms with E-state index in [4.69, 9.17) is 4.74 Å². The maximum Gasteiger partial charge on any atom is 0.337 e. The molecule has 7 heteroatoms. The molecule has 1 aliphatic heterocycles. The Morgan fingerprint density at radius 2 is 1.86 bits per heavy atom. The SMILES string of the molecule is O=C(NC1C[C@H]2CC[C@H]1C2)n1c(=O)n(CCN2CCOCC2)c2ccccc21. The number of nitrogens with zero attached hydrogens (tertiary/aromatic N) is 3. The molecule has 3 fully saturated rings. The van der Waals surface area contributed by atoms with Crippen molar-refractivity contribution in [1.82, 2.24) is 19.4 Å². The molecule has 1 saturated heterocycles. The standard InChI is InChI=1S/C21H28N4O3/c26-20(22-17-14-15-5-6-16(17)13-15)25-19-4-2-1-3-18(19)24(21(25)27)8-7-23-9-11-28-12-10-23/h1-4,15-17H,5-14H2,(H,22,26)/t15-,16-,17?/m0/s1. The third-order valence-corrected chi connectivity index (χ3v) is 6.83. The van der Waals surface area contributed by atoms with Crippen molar-refractivity contribution in [2.75, 3.05) is 32.8 Å². The largest absolute Gasteiger partial charge is 0.379 e. The summed E-state index contributed by atoms with van der Waals surface area (Å²) in [5.41, 5.74) is 1.27. The number of aromatic nitrogens is 2. The van der Waals surface area contributed by atoms with E-state index in [0.29, 0.717) is 18.0 Å². The predicted octanol–water partition coefficient (Wildman–Crippen LogP) is 1.88. The van der Waals surface area contributed by atoms with Crippen LogP contribution >= 0.6 is 0 Å². The molecule has 2 bridgehead atoms. The molecular weight excluding hydrogens is 356 g/mol. The van der Waals surface area contributed by atoms with Crippen LogP contribution in [0.1, 0.15) is 25.7 Å². The smallest absolute Gasteiger partial charge is 0.337 e. The lowest BCUT2D eigenvalue weighted by Crippen LogP contribution is -2.44. The van der Waals surface area contributed by atoms with Crippen LogP contribution in [0.3, 0.4) is 0 Å².